The van der Waals surface area contributed by atoms with Gasteiger partial charge in [0.25, 0.3) is 0 Å². The van der Waals surface area contributed by atoms with E-state index in [0.717, 1.165) is 0 Å². The number of hydrogen-bond donors (Lipinski definition) is 1. The summed E-state index contributed by atoms with van der Waals surface area (Å²) in [5.74, 6) is -0.118. The SMILES string of the molecule is CC(C#N)CN(C)C(=O)C(N)C(C)C. The van der Waals surface area contributed by atoms with Crippen LogP contribution in [-0.2, 0) is 4.79 Å². The van der Waals surface area contributed by atoms with Crippen molar-refractivity contribution >= 4 is 5.91 Å². The zero-order valence-electron chi connectivity index (χ0n) is 9.32. The van der Waals surface area contributed by atoms with Gasteiger partial charge in [0.1, 0.15) is 0 Å². The van der Waals surface area contributed by atoms with E-state index in [0.29, 0.717) is 6.54 Å². The van der Waals surface area contributed by atoms with Crippen LogP contribution >= 0.6 is 0 Å². The zero-order chi connectivity index (χ0) is 11.3. The summed E-state index contributed by atoms with van der Waals surface area (Å²) in [6.07, 6.45) is 0. The van der Waals surface area contributed by atoms with Crippen LogP contribution in [0.5, 0.6) is 0 Å². The van der Waals surface area contributed by atoms with E-state index < -0.39 is 6.04 Å². The van der Waals surface area contributed by atoms with E-state index in [2.05, 4.69) is 6.07 Å². The molecule has 0 radical (unpaired) electrons. The molecular formula is C10H19N3O. The lowest BCUT2D eigenvalue weighted by atomic mass is 10.0. The fourth-order valence-corrected chi connectivity index (χ4v) is 1.08. The molecule has 0 heterocycles. The Hall–Kier alpha value is -1.08. The van der Waals surface area contributed by atoms with Crippen molar-refractivity contribution in [2.75, 3.05) is 13.6 Å². The average molecular weight is 197 g/mol. The first-order chi connectivity index (χ1) is 6.40. The van der Waals surface area contributed by atoms with Crippen LogP contribution in [0.15, 0.2) is 0 Å². The molecule has 0 aliphatic rings. The zero-order valence-corrected chi connectivity index (χ0v) is 9.32. The van der Waals surface area contributed by atoms with Gasteiger partial charge in [-0.15, -0.1) is 0 Å². The Morgan fingerprint density at radius 1 is 1.50 bits per heavy atom. The third-order valence-corrected chi connectivity index (χ3v) is 2.15. The van der Waals surface area contributed by atoms with Gasteiger partial charge in [-0.2, -0.15) is 5.26 Å². The molecule has 4 heteroatoms. The van der Waals surface area contributed by atoms with Gasteiger partial charge in [0.05, 0.1) is 18.0 Å². The van der Waals surface area contributed by atoms with Gasteiger partial charge in [0.2, 0.25) is 5.91 Å². The van der Waals surface area contributed by atoms with Crippen LogP contribution in [-0.4, -0.2) is 30.4 Å². The van der Waals surface area contributed by atoms with Crippen molar-refractivity contribution in [3.63, 3.8) is 0 Å². The summed E-state index contributed by atoms with van der Waals surface area (Å²) in [6.45, 7) is 6.04. The van der Waals surface area contributed by atoms with E-state index >= 15 is 0 Å². The fourth-order valence-electron chi connectivity index (χ4n) is 1.08. The minimum Gasteiger partial charge on any atom is -0.343 e. The molecule has 80 valence electrons. The summed E-state index contributed by atoms with van der Waals surface area (Å²) in [4.78, 5) is 13.2. The summed E-state index contributed by atoms with van der Waals surface area (Å²) in [5, 5.41) is 8.59. The van der Waals surface area contributed by atoms with Crippen LogP contribution in [0.2, 0.25) is 0 Å². The molecule has 0 spiro atoms. The van der Waals surface area contributed by atoms with Crippen molar-refractivity contribution in [3.8, 4) is 6.07 Å². The molecule has 2 N–H and O–H groups in total. The average Bonchev–Trinajstić information content (AvgIpc) is 2.14. The first-order valence-electron chi connectivity index (χ1n) is 4.80. The van der Waals surface area contributed by atoms with Crippen molar-refractivity contribution < 1.29 is 4.79 Å². The molecule has 2 unspecified atom stereocenters. The highest BCUT2D eigenvalue weighted by molar-refractivity contribution is 5.81. The number of rotatable bonds is 4. The Kier molecular flexibility index (Phi) is 5.18. The molecular weight excluding hydrogens is 178 g/mol. The lowest BCUT2D eigenvalue weighted by Gasteiger charge is -2.24. The first kappa shape index (κ1) is 12.9. The van der Waals surface area contributed by atoms with Gasteiger partial charge in [0, 0.05) is 13.6 Å². The summed E-state index contributed by atoms with van der Waals surface area (Å²) in [5.41, 5.74) is 5.70. The second-order valence-corrected chi connectivity index (χ2v) is 4.02. The third-order valence-electron chi connectivity index (χ3n) is 2.15. The van der Waals surface area contributed by atoms with E-state index in [-0.39, 0.29) is 17.7 Å². The van der Waals surface area contributed by atoms with Crippen molar-refractivity contribution in [2.24, 2.45) is 17.6 Å². The number of nitrogens with two attached hydrogens (primary N) is 1. The minimum absolute atomic E-state index is 0.0953. The van der Waals surface area contributed by atoms with Gasteiger partial charge in [-0.3, -0.25) is 4.79 Å². The monoisotopic (exact) mass is 197 g/mol. The molecule has 0 fully saturated rings. The number of carbonyl (C=O) groups excluding carboxylic acids is 1. The van der Waals surface area contributed by atoms with Gasteiger partial charge in [-0.1, -0.05) is 13.8 Å². The van der Waals surface area contributed by atoms with Crippen LogP contribution in [0.4, 0.5) is 0 Å². The Labute approximate surface area is 85.7 Å². The molecule has 0 aliphatic heterocycles. The Morgan fingerprint density at radius 2 is 2.00 bits per heavy atom. The van der Waals surface area contributed by atoms with Crippen molar-refractivity contribution in [1.82, 2.24) is 4.90 Å². The number of amides is 1. The topological polar surface area (TPSA) is 70.1 Å². The highest BCUT2D eigenvalue weighted by Crippen LogP contribution is 2.04. The molecule has 0 aromatic carbocycles. The highest BCUT2D eigenvalue weighted by Gasteiger charge is 2.21. The summed E-state index contributed by atoms with van der Waals surface area (Å²) < 4.78 is 0. The van der Waals surface area contributed by atoms with Crippen LogP contribution in [0.3, 0.4) is 0 Å². The molecule has 0 aliphatic carbocycles. The maximum atomic E-state index is 11.6. The molecule has 0 aromatic rings. The molecule has 0 rings (SSSR count). The lowest BCUT2D eigenvalue weighted by Crippen LogP contribution is -2.45. The van der Waals surface area contributed by atoms with Gasteiger partial charge in [-0.25, -0.2) is 0 Å². The number of carbonyl (C=O) groups is 1. The van der Waals surface area contributed by atoms with Gasteiger partial charge < -0.3 is 10.6 Å². The second-order valence-electron chi connectivity index (χ2n) is 4.02. The van der Waals surface area contributed by atoms with E-state index in [1.165, 1.54) is 4.90 Å². The van der Waals surface area contributed by atoms with Gasteiger partial charge in [0.15, 0.2) is 0 Å². The second kappa shape index (κ2) is 5.61. The Morgan fingerprint density at radius 3 is 2.36 bits per heavy atom. The number of nitriles is 1. The molecule has 4 nitrogen and oxygen atoms in total. The maximum Gasteiger partial charge on any atom is 0.239 e. The molecule has 0 saturated heterocycles. The minimum atomic E-state index is -0.467. The van der Waals surface area contributed by atoms with Crippen molar-refractivity contribution in [2.45, 2.75) is 26.8 Å². The molecule has 2 atom stereocenters. The quantitative estimate of drug-likeness (QED) is 0.717. The molecule has 0 bridgehead atoms. The molecule has 1 amide bonds. The number of hydrogen-bond acceptors (Lipinski definition) is 3. The van der Waals surface area contributed by atoms with Crippen LogP contribution in [0.1, 0.15) is 20.8 Å². The summed E-state index contributed by atoms with van der Waals surface area (Å²) in [7, 11) is 1.68. The predicted octanol–water partition coefficient (Wildman–Crippen LogP) is 0.588. The standard InChI is InChI=1S/C10H19N3O/c1-7(2)9(12)10(14)13(4)6-8(3)5-11/h7-9H,6,12H2,1-4H3. The number of likely N-dealkylation sites (N-methyl/N-ethyl adjacent to an activating group) is 1. The predicted molar refractivity (Wildman–Crippen MR) is 55.2 cm³/mol. The van der Waals surface area contributed by atoms with Crippen LogP contribution in [0, 0.1) is 23.2 Å². The lowest BCUT2D eigenvalue weighted by molar-refractivity contribution is -0.132. The number of nitrogens with zero attached hydrogens (tertiary/aromatic N) is 2. The normalized spacial score (nSPS) is 14.6. The summed E-state index contributed by atoms with van der Waals surface area (Å²) >= 11 is 0. The Balaban J connectivity index is 4.20. The van der Waals surface area contributed by atoms with E-state index in [4.69, 9.17) is 11.0 Å². The van der Waals surface area contributed by atoms with Crippen LogP contribution in [0.25, 0.3) is 0 Å². The fraction of sp³-hybridized carbons (Fsp3) is 0.800. The van der Waals surface area contributed by atoms with E-state index in [9.17, 15) is 4.79 Å². The third kappa shape index (κ3) is 3.75. The molecule has 14 heavy (non-hydrogen) atoms. The van der Waals surface area contributed by atoms with Crippen molar-refractivity contribution in [1.29, 1.82) is 5.26 Å². The molecule has 0 saturated carbocycles. The Bertz CT molecular complexity index is 232. The molecule has 0 aromatic heterocycles. The smallest absolute Gasteiger partial charge is 0.239 e. The maximum absolute atomic E-state index is 11.6. The van der Waals surface area contributed by atoms with E-state index in [1.54, 1.807) is 14.0 Å². The van der Waals surface area contributed by atoms with Crippen LogP contribution < -0.4 is 5.73 Å². The van der Waals surface area contributed by atoms with Gasteiger partial charge >= 0.3 is 0 Å². The van der Waals surface area contributed by atoms with Crippen molar-refractivity contribution in [3.05, 3.63) is 0 Å². The summed E-state index contributed by atoms with van der Waals surface area (Å²) in [6, 6.07) is 1.62. The highest BCUT2D eigenvalue weighted by atomic mass is 16.2. The van der Waals surface area contributed by atoms with Gasteiger partial charge in [-0.05, 0) is 12.8 Å². The largest absolute Gasteiger partial charge is 0.343 e. The first-order valence-corrected chi connectivity index (χ1v) is 4.80. The van der Waals surface area contributed by atoms with E-state index in [1.807, 2.05) is 13.8 Å².